The molecule has 1 atom stereocenters. The molecule has 0 radical (unpaired) electrons. The number of hydrogen-bond acceptors (Lipinski definition) is 4. The molecule has 0 aromatic heterocycles. The van der Waals surface area contributed by atoms with Crippen LogP contribution < -0.4 is 5.32 Å². The minimum absolute atomic E-state index is 0.115. The normalized spacial score (nSPS) is 18.8. The Morgan fingerprint density at radius 1 is 1.30 bits per heavy atom. The molecule has 0 aliphatic carbocycles. The highest BCUT2D eigenvalue weighted by Crippen LogP contribution is 2.14. The van der Waals surface area contributed by atoms with E-state index in [2.05, 4.69) is 18.2 Å². The number of carbonyl (C=O) groups is 1. The summed E-state index contributed by atoms with van der Waals surface area (Å²) in [6, 6.07) is 0. The molecule has 23 heavy (non-hydrogen) atoms. The predicted molar refractivity (Wildman–Crippen MR) is 92.3 cm³/mol. The summed E-state index contributed by atoms with van der Waals surface area (Å²) < 4.78 is 26.6. The quantitative estimate of drug-likeness (QED) is 0.652. The van der Waals surface area contributed by atoms with Gasteiger partial charge in [-0.1, -0.05) is 26.2 Å². The zero-order valence-electron chi connectivity index (χ0n) is 14.3. The summed E-state index contributed by atoms with van der Waals surface area (Å²) in [4.78, 5) is 13.7. The summed E-state index contributed by atoms with van der Waals surface area (Å²) in [6.07, 6.45) is 7.77. The molecule has 1 heterocycles. The lowest BCUT2D eigenvalue weighted by Crippen LogP contribution is -2.40. The van der Waals surface area contributed by atoms with Crippen LogP contribution in [-0.2, 0) is 14.8 Å². The fourth-order valence-electron chi connectivity index (χ4n) is 2.83. The van der Waals surface area contributed by atoms with Crippen molar-refractivity contribution in [1.29, 1.82) is 0 Å². The Kier molecular flexibility index (Phi) is 8.59. The Hall–Kier alpha value is -1.10. The van der Waals surface area contributed by atoms with Gasteiger partial charge in [0.25, 0.3) is 0 Å². The molecule has 7 heteroatoms. The molecular formula is C16H29N3O3S. The molecule has 1 rings (SSSR count). The molecule has 1 aliphatic rings. The third kappa shape index (κ3) is 7.34. The van der Waals surface area contributed by atoms with Gasteiger partial charge in [0, 0.05) is 19.6 Å². The molecule has 1 fully saturated rings. The molecule has 0 aromatic rings. The first-order valence-electron chi connectivity index (χ1n) is 8.29. The van der Waals surface area contributed by atoms with Crippen LogP contribution in [0.4, 0.5) is 0 Å². The van der Waals surface area contributed by atoms with Gasteiger partial charge in [-0.3, -0.25) is 9.69 Å². The van der Waals surface area contributed by atoms with Crippen LogP contribution in [0.1, 0.15) is 33.1 Å². The molecule has 1 amide bonds. The maximum atomic E-state index is 12.5. The molecule has 1 saturated heterocycles. The van der Waals surface area contributed by atoms with E-state index in [9.17, 15) is 13.2 Å². The third-order valence-electron chi connectivity index (χ3n) is 3.97. The van der Waals surface area contributed by atoms with Gasteiger partial charge >= 0.3 is 0 Å². The topological polar surface area (TPSA) is 69.7 Å². The summed E-state index contributed by atoms with van der Waals surface area (Å²) in [5.74, 6) is 2.64. The van der Waals surface area contributed by atoms with Crippen molar-refractivity contribution in [3.63, 3.8) is 0 Å². The van der Waals surface area contributed by atoms with E-state index in [0.717, 1.165) is 25.8 Å². The smallest absolute Gasteiger partial charge is 0.234 e. The summed E-state index contributed by atoms with van der Waals surface area (Å²) in [5, 5.41) is 2.63. The highest BCUT2D eigenvalue weighted by atomic mass is 32.2. The van der Waals surface area contributed by atoms with E-state index in [0.29, 0.717) is 19.6 Å². The zero-order valence-corrected chi connectivity index (χ0v) is 15.1. The van der Waals surface area contributed by atoms with E-state index in [-0.39, 0.29) is 30.7 Å². The maximum absolute atomic E-state index is 12.5. The lowest BCUT2D eigenvalue weighted by atomic mass is 10.1. The largest absolute Gasteiger partial charge is 0.344 e. The second kappa shape index (κ2) is 9.91. The van der Waals surface area contributed by atoms with Crippen LogP contribution in [0.25, 0.3) is 0 Å². The first-order chi connectivity index (χ1) is 10.9. The average Bonchev–Trinajstić information content (AvgIpc) is 2.71. The van der Waals surface area contributed by atoms with Crippen molar-refractivity contribution in [2.45, 2.75) is 33.1 Å². The standard InChI is InChI=1S/C16H29N3O3S/c1-4-7-15(3)14-23(21,22)19-10-6-9-18(11-12-19)13-16(20)17-8-5-2/h2,15H,4,6-14H2,1,3H3,(H,17,20). The highest BCUT2D eigenvalue weighted by molar-refractivity contribution is 7.89. The molecule has 0 saturated carbocycles. The Morgan fingerprint density at radius 3 is 2.70 bits per heavy atom. The fraction of sp³-hybridized carbons (Fsp3) is 0.812. The molecule has 0 bridgehead atoms. The van der Waals surface area contributed by atoms with Gasteiger partial charge in [0.2, 0.25) is 15.9 Å². The van der Waals surface area contributed by atoms with Crippen molar-refractivity contribution in [2.75, 3.05) is 45.0 Å². The molecule has 6 nitrogen and oxygen atoms in total. The number of hydrogen-bond donors (Lipinski definition) is 1. The van der Waals surface area contributed by atoms with E-state index in [1.807, 2.05) is 11.8 Å². The van der Waals surface area contributed by atoms with Crippen LogP contribution in [0.3, 0.4) is 0 Å². The molecule has 1 aliphatic heterocycles. The van der Waals surface area contributed by atoms with E-state index < -0.39 is 10.0 Å². The van der Waals surface area contributed by atoms with Gasteiger partial charge in [-0.25, -0.2) is 12.7 Å². The maximum Gasteiger partial charge on any atom is 0.234 e. The van der Waals surface area contributed by atoms with E-state index >= 15 is 0 Å². The minimum Gasteiger partial charge on any atom is -0.344 e. The van der Waals surface area contributed by atoms with Crippen LogP contribution in [0.5, 0.6) is 0 Å². The lowest BCUT2D eigenvalue weighted by molar-refractivity contribution is -0.121. The van der Waals surface area contributed by atoms with Crippen LogP contribution in [0.2, 0.25) is 0 Å². The lowest BCUT2D eigenvalue weighted by Gasteiger charge is -2.23. The Bertz CT molecular complexity index is 513. The van der Waals surface area contributed by atoms with Crippen LogP contribution in [0.15, 0.2) is 0 Å². The molecule has 0 aromatic carbocycles. The number of carbonyl (C=O) groups excluding carboxylic acids is 1. The Balaban J connectivity index is 2.51. The van der Waals surface area contributed by atoms with Gasteiger partial charge in [0.05, 0.1) is 18.8 Å². The summed E-state index contributed by atoms with van der Waals surface area (Å²) >= 11 is 0. The monoisotopic (exact) mass is 343 g/mol. The molecule has 1 N–H and O–H groups in total. The minimum atomic E-state index is -3.21. The van der Waals surface area contributed by atoms with Crippen molar-refractivity contribution in [2.24, 2.45) is 5.92 Å². The van der Waals surface area contributed by atoms with E-state index in [1.165, 1.54) is 0 Å². The van der Waals surface area contributed by atoms with Crippen molar-refractivity contribution in [1.82, 2.24) is 14.5 Å². The van der Waals surface area contributed by atoms with Gasteiger partial charge in [-0.2, -0.15) is 0 Å². The first kappa shape index (κ1) is 19.9. The zero-order chi connectivity index (χ0) is 17.3. The molecule has 132 valence electrons. The van der Waals surface area contributed by atoms with Crippen molar-refractivity contribution in [3.05, 3.63) is 0 Å². The number of sulfonamides is 1. The van der Waals surface area contributed by atoms with E-state index in [4.69, 9.17) is 6.42 Å². The second-order valence-electron chi connectivity index (χ2n) is 6.18. The Labute approximate surface area is 140 Å². The van der Waals surface area contributed by atoms with Crippen molar-refractivity contribution < 1.29 is 13.2 Å². The molecular weight excluding hydrogens is 314 g/mol. The van der Waals surface area contributed by atoms with Gasteiger partial charge in [-0.15, -0.1) is 6.42 Å². The number of nitrogens with one attached hydrogen (secondary N) is 1. The fourth-order valence-corrected chi connectivity index (χ4v) is 4.70. The summed E-state index contributed by atoms with van der Waals surface area (Å²) in [6.45, 7) is 6.82. The third-order valence-corrected chi connectivity index (χ3v) is 6.11. The number of nitrogens with zero attached hydrogens (tertiary/aromatic N) is 2. The first-order valence-corrected chi connectivity index (χ1v) is 9.90. The van der Waals surface area contributed by atoms with E-state index in [1.54, 1.807) is 4.31 Å². The van der Waals surface area contributed by atoms with Gasteiger partial charge in [-0.05, 0) is 25.3 Å². The van der Waals surface area contributed by atoms with Crippen molar-refractivity contribution >= 4 is 15.9 Å². The average molecular weight is 343 g/mol. The van der Waals surface area contributed by atoms with Crippen LogP contribution in [0, 0.1) is 18.3 Å². The highest BCUT2D eigenvalue weighted by Gasteiger charge is 2.27. The summed E-state index contributed by atoms with van der Waals surface area (Å²) in [5.41, 5.74) is 0. The molecule has 1 unspecified atom stereocenters. The number of terminal acetylenes is 1. The summed E-state index contributed by atoms with van der Waals surface area (Å²) in [7, 11) is -3.21. The van der Waals surface area contributed by atoms with Crippen LogP contribution in [-0.4, -0.2) is 68.6 Å². The van der Waals surface area contributed by atoms with Crippen LogP contribution >= 0.6 is 0 Å². The van der Waals surface area contributed by atoms with Gasteiger partial charge in [0.1, 0.15) is 0 Å². The van der Waals surface area contributed by atoms with Crippen molar-refractivity contribution in [3.8, 4) is 12.3 Å². The predicted octanol–water partition coefficient (Wildman–Crippen LogP) is 0.510. The number of rotatable bonds is 8. The SMILES string of the molecule is C#CCNC(=O)CN1CCCN(S(=O)(=O)CC(C)CCC)CC1. The number of amides is 1. The van der Waals surface area contributed by atoms with Gasteiger partial charge < -0.3 is 5.32 Å². The second-order valence-corrected chi connectivity index (χ2v) is 8.20. The Morgan fingerprint density at radius 2 is 2.04 bits per heavy atom. The van der Waals surface area contributed by atoms with Gasteiger partial charge in [0.15, 0.2) is 0 Å². The molecule has 0 spiro atoms.